The topological polar surface area (TPSA) is 90.7 Å². The van der Waals surface area contributed by atoms with Gasteiger partial charge in [0, 0.05) is 19.0 Å². The van der Waals surface area contributed by atoms with E-state index < -0.39 is 5.97 Å². The van der Waals surface area contributed by atoms with Gasteiger partial charge in [-0.25, -0.2) is 4.79 Å². The molecule has 68 valence electrons. The monoisotopic (exact) mass is 171 g/mol. The quantitative estimate of drug-likeness (QED) is 0.189. The van der Waals surface area contributed by atoms with Gasteiger partial charge in [-0.2, -0.15) is 0 Å². The number of rotatable bonds is 5. The van der Waals surface area contributed by atoms with Crippen molar-refractivity contribution < 1.29 is 9.53 Å². The maximum atomic E-state index is 10.5. The number of nitrogens with two attached hydrogens (primary N) is 2. The fraction of sp³-hybridized carbons (Fsp3) is 0.429. The van der Waals surface area contributed by atoms with E-state index in [0.717, 1.165) is 6.08 Å². The second-order valence-corrected chi connectivity index (χ2v) is 2.03. The fourth-order valence-electron chi connectivity index (χ4n) is 0.504. The zero-order chi connectivity index (χ0) is 9.40. The molecule has 0 aliphatic rings. The fourth-order valence-corrected chi connectivity index (χ4v) is 0.504. The van der Waals surface area contributed by atoms with Crippen molar-refractivity contribution in [2.45, 2.75) is 6.42 Å². The molecule has 0 atom stereocenters. The Balaban J connectivity index is 3.28. The Morgan fingerprint density at radius 3 is 2.75 bits per heavy atom. The van der Waals surface area contributed by atoms with Gasteiger partial charge in [-0.15, -0.1) is 0 Å². The molecule has 0 aliphatic carbocycles. The maximum absolute atomic E-state index is 10.5. The lowest BCUT2D eigenvalue weighted by Gasteiger charge is -1.98. The molecule has 12 heavy (non-hydrogen) atoms. The van der Waals surface area contributed by atoms with E-state index in [1.165, 1.54) is 0 Å². The zero-order valence-electron chi connectivity index (χ0n) is 6.82. The van der Waals surface area contributed by atoms with Gasteiger partial charge in [-0.05, 0) is 0 Å². The zero-order valence-corrected chi connectivity index (χ0v) is 6.82. The van der Waals surface area contributed by atoms with Crippen molar-refractivity contribution in [3.8, 4) is 0 Å². The van der Waals surface area contributed by atoms with E-state index in [4.69, 9.17) is 11.5 Å². The van der Waals surface area contributed by atoms with Crippen LogP contribution in [0.1, 0.15) is 6.42 Å². The highest BCUT2D eigenvalue weighted by atomic mass is 16.5. The summed E-state index contributed by atoms with van der Waals surface area (Å²) in [6.45, 7) is 4.02. The van der Waals surface area contributed by atoms with E-state index in [1.54, 1.807) is 0 Å². The molecule has 0 rings (SSSR count). The van der Waals surface area contributed by atoms with E-state index in [-0.39, 0.29) is 5.96 Å². The van der Waals surface area contributed by atoms with Crippen LogP contribution < -0.4 is 11.5 Å². The molecule has 0 aliphatic heterocycles. The van der Waals surface area contributed by atoms with Crippen LogP contribution in [0.25, 0.3) is 0 Å². The number of carbonyl (C=O) groups excluding carboxylic acids is 1. The van der Waals surface area contributed by atoms with E-state index in [2.05, 4.69) is 16.3 Å². The van der Waals surface area contributed by atoms with Crippen LogP contribution in [0.2, 0.25) is 0 Å². The number of aliphatic imine (C=N–C) groups is 1. The molecule has 5 nitrogen and oxygen atoms in total. The van der Waals surface area contributed by atoms with Gasteiger partial charge in [0.1, 0.15) is 0 Å². The number of hydrogen-bond acceptors (Lipinski definition) is 3. The molecule has 0 aromatic rings. The van der Waals surface area contributed by atoms with Crippen molar-refractivity contribution in [3.63, 3.8) is 0 Å². The Morgan fingerprint density at radius 1 is 1.58 bits per heavy atom. The summed E-state index contributed by atoms with van der Waals surface area (Å²) in [5.74, 6) is -0.384. The summed E-state index contributed by atoms with van der Waals surface area (Å²) in [6.07, 6.45) is 1.72. The third kappa shape index (κ3) is 6.60. The number of esters is 1. The Morgan fingerprint density at radius 2 is 2.25 bits per heavy atom. The van der Waals surface area contributed by atoms with Gasteiger partial charge in [0.2, 0.25) is 0 Å². The number of hydrogen-bond donors (Lipinski definition) is 2. The van der Waals surface area contributed by atoms with Crippen LogP contribution in [0.5, 0.6) is 0 Å². The van der Waals surface area contributed by atoms with E-state index >= 15 is 0 Å². The molecule has 5 heteroatoms. The third-order valence-corrected chi connectivity index (χ3v) is 1.01. The first-order valence-electron chi connectivity index (χ1n) is 3.51. The van der Waals surface area contributed by atoms with Crippen LogP contribution in [0.4, 0.5) is 0 Å². The summed E-state index contributed by atoms with van der Waals surface area (Å²) in [6, 6.07) is 0. The number of carbonyl (C=O) groups is 1. The molecule has 0 fully saturated rings. The first-order chi connectivity index (χ1) is 5.66. The van der Waals surface area contributed by atoms with Crippen molar-refractivity contribution in [2.24, 2.45) is 16.5 Å². The molecule has 0 amide bonds. The molecule has 0 heterocycles. The number of nitrogens with zero attached hydrogens (tertiary/aromatic N) is 1. The highest BCUT2D eigenvalue weighted by Gasteiger charge is 1.93. The smallest absolute Gasteiger partial charge is 0.330 e. The van der Waals surface area contributed by atoms with E-state index in [9.17, 15) is 4.79 Å². The van der Waals surface area contributed by atoms with E-state index in [0.29, 0.717) is 19.6 Å². The molecular formula is C7H13N3O2. The first kappa shape index (κ1) is 10.5. The normalized spacial score (nSPS) is 8.67. The molecule has 0 aromatic heterocycles. The second kappa shape index (κ2) is 6.21. The summed E-state index contributed by atoms with van der Waals surface area (Å²) >= 11 is 0. The average Bonchev–Trinajstić information content (AvgIpc) is 2.03. The highest BCUT2D eigenvalue weighted by molar-refractivity contribution is 5.81. The molecular weight excluding hydrogens is 158 g/mol. The molecule has 0 saturated carbocycles. The first-order valence-corrected chi connectivity index (χ1v) is 3.51. The van der Waals surface area contributed by atoms with Crippen molar-refractivity contribution >= 4 is 11.9 Å². The molecule has 0 bridgehead atoms. The Labute approximate surface area is 71.1 Å². The van der Waals surface area contributed by atoms with Crippen molar-refractivity contribution in [2.75, 3.05) is 13.2 Å². The lowest BCUT2D eigenvalue weighted by atomic mass is 10.4. The molecule has 0 radical (unpaired) electrons. The molecule has 0 unspecified atom stereocenters. The Hall–Kier alpha value is -1.52. The standard InChI is InChI=1S/C7H13N3O2/c1-2-6(11)12-5-3-4-10-7(8)9/h2H,1,3-5H2,(H4,8,9,10). The van der Waals surface area contributed by atoms with Gasteiger partial charge in [0.25, 0.3) is 0 Å². The van der Waals surface area contributed by atoms with Gasteiger partial charge >= 0.3 is 5.97 Å². The predicted molar refractivity (Wildman–Crippen MR) is 46.4 cm³/mol. The van der Waals surface area contributed by atoms with Crippen LogP contribution >= 0.6 is 0 Å². The van der Waals surface area contributed by atoms with Gasteiger partial charge in [0.15, 0.2) is 5.96 Å². The minimum atomic E-state index is -0.431. The average molecular weight is 171 g/mol. The van der Waals surface area contributed by atoms with Crippen molar-refractivity contribution in [1.29, 1.82) is 0 Å². The third-order valence-electron chi connectivity index (χ3n) is 1.01. The summed E-state index contributed by atoms with van der Waals surface area (Å²) in [4.78, 5) is 14.2. The lowest BCUT2D eigenvalue weighted by Crippen LogP contribution is -2.23. The highest BCUT2D eigenvalue weighted by Crippen LogP contribution is 1.85. The van der Waals surface area contributed by atoms with Gasteiger partial charge in [0.05, 0.1) is 6.61 Å². The van der Waals surface area contributed by atoms with Gasteiger partial charge in [-0.1, -0.05) is 6.58 Å². The molecule has 0 aromatic carbocycles. The number of ether oxygens (including phenoxy) is 1. The predicted octanol–water partition coefficient (Wildman–Crippen LogP) is -0.621. The summed E-state index contributed by atoms with van der Waals surface area (Å²) in [5, 5.41) is 0. The summed E-state index contributed by atoms with van der Waals surface area (Å²) < 4.78 is 4.67. The molecule has 4 N–H and O–H groups in total. The van der Waals surface area contributed by atoms with Crippen LogP contribution in [0.3, 0.4) is 0 Å². The summed E-state index contributed by atoms with van der Waals surface area (Å²) in [7, 11) is 0. The van der Waals surface area contributed by atoms with Crippen LogP contribution in [-0.4, -0.2) is 25.1 Å². The minimum Gasteiger partial charge on any atom is -0.462 e. The van der Waals surface area contributed by atoms with E-state index in [1.807, 2.05) is 0 Å². The van der Waals surface area contributed by atoms with Crippen LogP contribution in [0.15, 0.2) is 17.6 Å². The lowest BCUT2D eigenvalue weighted by molar-refractivity contribution is -0.137. The number of guanidine groups is 1. The van der Waals surface area contributed by atoms with Crippen LogP contribution in [-0.2, 0) is 9.53 Å². The van der Waals surface area contributed by atoms with Crippen molar-refractivity contribution in [1.82, 2.24) is 0 Å². The van der Waals surface area contributed by atoms with Gasteiger partial charge < -0.3 is 16.2 Å². The second-order valence-electron chi connectivity index (χ2n) is 2.03. The largest absolute Gasteiger partial charge is 0.462 e. The van der Waals surface area contributed by atoms with Crippen LogP contribution in [0, 0.1) is 0 Å². The van der Waals surface area contributed by atoms with Gasteiger partial charge in [-0.3, -0.25) is 4.99 Å². The Kier molecular flexibility index (Phi) is 5.42. The minimum absolute atomic E-state index is 0.0463. The molecule has 0 saturated heterocycles. The summed E-state index contributed by atoms with van der Waals surface area (Å²) in [5.41, 5.74) is 10.1. The SMILES string of the molecule is C=CC(=O)OCCCN=C(N)N. The van der Waals surface area contributed by atoms with Crippen molar-refractivity contribution in [3.05, 3.63) is 12.7 Å². The maximum Gasteiger partial charge on any atom is 0.330 e. The Bertz CT molecular complexity index is 185. The molecule has 0 spiro atoms.